The summed E-state index contributed by atoms with van der Waals surface area (Å²) in [6.07, 6.45) is 0. The smallest absolute Gasteiger partial charge is 0.123 e. The lowest BCUT2D eigenvalue weighted by atomic mass is 10.2. The Hall–Kier alpha value is -1.30. The third-order valence-electron chi connectivity index (χ3n) is 2.55. The lowest BCUT2D eigenvalue weighted by molar-refractivity contribution is 0.250. The predicted octanol–water partition coefficient (Wildman–Crippen LogP) is 2.42. The maximum Gasteiger partial charge on any atom is 0.123 e. The van der Waals surface area contributed by atoms with Crippen molar-refractivity contribution in [2.75, 3.05) is 6.61 Å². The average molecular weight is 266 g/mol. The van der Waals surface area contributed by atoms with Crippen molar-refractivity contribution < 1.29 is 9.50 Å². The first-order valence-corrected chi connectivity index (χ1v) is 6.61. The van der Waals surface area contributed by atoms with Gasteiger partial charge in [-0.2, -0.15) is 0 Å². The van der Waals surface area contributed by atoms with E-state index < -0.39 is 0 Å². The van der Waals surface area contributed by atoms with E-state index in [0.717, 1.165) is 16.3 Å². The molecular formula is C13H15FN2OS. The maximum atomic E-state index is 12.8. The summed E-state index contributed by atoms with van der Waals surface area (Å²) in [5, 5.41) is 14.9. The molecular weight excluding hydrogens is 251 g/mol. The largest absolute Gasteiger partial charge is 0.395 e. The van der Waals surface area contributed by atoms with Crippen molar-refractivity contribution in [1.29, 1.82) is 0 Å². The number of benzene rings is 1. The summed E-state index contributed by atoms with van der Waals surface area (Å²) in [7, 11) is 0. The average Bonchev–Trinajstić information content (AvgIpc) is 2.85. The van der Waals surface area contributed by atoms with Gasteiger partial charge in [0.1, 0.15) is 10.8 Å². The highest BCUT2D eigenvalue weighted by molar-refractivity contribution is 7.13. The van der Waals surface area contributed by atoms with Gasteiger partial charge in [0, 0.05) is 23.5 Å². The van der Waals surface area contributed by atoms with Gasteiger partial charge in [0.05, 0.1) is 12.3 Å². The fourth-order valence-electron chi connectivity index (χ4n) is 1.46. The molecule has 0 radical (unpaired) electrons. The molecule has 0 saturated carbocycles. The standard InChI is InChI=1S/C13H15FN2OS/c1-9(7-17)15-6-12-8-18-13(16-12)10-2-4-11(14)5-3-10/h2-5,8-9,15,17H,6-7H2,1H3. The molecule has 0 saturated heterocycles. The maximum absolute atomic E-state index is 12.8. The second kappa shape index (κ2) is 6.04. The molecule has 0 aliphatic rings. The molecule has 0 amide bonds. The highest BCUT2D eigenvalue weighted by Crippen LogP contribution is 2.23. The summed E-state index contributed by atoms with van der Waals surface area (Å²) >= 11 is 1.53. The number of hydrogen-bond acceptors (Lipinski definition) is 4. The second-order valence-electron chi connectivity index (χ2n) is 4.12. The van der Waals surface area contributed by atoms with E-state index in [2.05, 4.69) is 10.3 Å². The molecule has 1 aromatic carbocycles. The Labute approximate surface area is 109 Å². The molecule has 1 aromatic heterocycles. The van der Waals surface area contributed by atoms with Crippen LogP contribution in [0.1, 0.15) is 12.6 Å². The molecule has 96 valence electrons. The van der Waals surface area contributed by atoms with Crippen LogP contribution in [0.2, 0.25) is 0 Å². The van der Waals surface area contributed by atoms with Crippen LogP contribution in [0.5, 0.6) is 0 Å². The number of hydrogen-bond donors (Lipinski definition) is 2. The number of rotatable bonds is 5. The molecule has 0 bridgehead atoms. The zero-order valence-electron chi connectivity index (χ0n) is 10.1. The van der Waals surface area contributed by atoms with E-state index in [9.17, 15) is 4.39 Å². The van der Waals surface area contributed by atoms with Gasteiger partial charge in [0.15, 0.2) is 0 Å². The van der Waals surface area contributed by atoms with Gasteiger partial charge in [-0.25, -0.2) is 9.37 Å². The van der Waals surface area contributed by atoms with Crippen LogP contribution in [-0.4, -0.2) is 22.7 Å². The molecule has 0 aliphatic carbocycles. The first-order valence-electron chi connectivity index (χ1n) is 5.73. The van der Waals surface area contributed by atoms with Crippen LogP contribution in [0, 0.1) is 5.82 Å². The fraction of sp³-hybridized carbons (Fsp3) is 0.308. The molecule has 2 aromatic rings. The van der Waals surface area contributed by atoms with Gasteiger partial charge >= 0.3 is 0 Å². The van der Waals surface area contributed by atoms with Crippen molar-refractivity contribution in [3.63, 3.8) is 0 Å². The molecule has 18 heavy (non-hydrogen) atoms. The van der Waals surface area contributed by atoms with Crippen molar-refractivity contribution in [2.45, 2.75) is 19.5 Å². The number of aliphatic hydroxyl groups excluding tert-OH is 1. The van der Waals surface area contributed by atoms with E-state index in [1.807, 2.05) is 12.3 Å². The third kappa shape index (κ3) is 3.35. The number of aromatic nitrogens is 1. The first-order chi connectivity index (χ1) is 8.69. The molecule has 2 N–H and O–H groups in total. The SMILES string of the molecule is CC(CO)NCc1csc(-c2ccc(F)cc2)n1. The molecule has 1 atom stereocenters. The lowest BCUT2D eigenvalue weighted by Gasteiger charge is -2.08. The number of nitrogens with one attached hydrogen (secondary N) is 1. The van der Waals surface area contributed by atoms with Crippen molar-refractivity contribution in [3.8, 4) is 10.6 Å². The van der Waals surface area contributed by atoms with Gasteiger partial charge in [-0.05, 0) is 31.2 Å². The number of nitrogens with zero attached hydrogens (tertiary/aromatic N) is 1. The van der Waals surface area contributed by atoms with Crippen LogP contribution in [-0.2, 0) is 6.54 Å². The van der Waals surface area contributed by atoms with Crippen molar-refractivity contribution >= 4 is 11.3 Å². The van der Waals surface area contributed by atoms with Gasteiger partial charge in [-0.1, -0.05) is 0 Å². The van der Waals surface area contributed by atoms with Crippen molar-refractivity contribution in [2.24, 2.45) is 0 Å². The molecule has 2 rings (SSSR count). The second-order valence-corrected chi connectivity index (χ2v) is 4.97. The van der Waals surface area contributed by atoms with Gasteiger partial charge in [0.2, 0.25) is 0 Å². The molecule has 1 heterocycles. The van der Waals surface area contributed by atoms with E-state index in [1.54, 1.807) is 12.1 Å². The van der Waals surface area contributed by atoms with Gasteiger partial charge in [0.25, 0.3) is 0 Å². The minimum absolute atomic E-state index is 0.0565. The van der Waals surface area contributed by atoms with Gasteiger partial charge < -0.3 is 10.4 Å². The van der Waals surface area contributed by atoms with E-state index in [-0.39, 0.29) is 18.5 Å². The topological polar surface area (TPSA) is 45.1 Å². The van der Waals surface area contributed by atoms with Gasteiger partial charge in [-0.15, -0.1) is 11.3 Å². The van der Waals surface area contributed by atoms with Gasteiger partial charge in [-0.3, -0.25) is 0 Å². The van der Waals surface area contributed by atoms with E-state index in [1.165, 1.54) is 23.5 Å². The molecule has 3 nitrogen and oxygen atoms in total. The Morgan fingerprint density at radius 2 is 2.11 bits per heavy atom. The predicted molar refractivity (Wildman–Crippen MR) is 70.9 cm³/mol. The fourth-order valence-corrected chi connectivity index (χ4v) is 2.28. The molecule has 5 heteroatoms. The van der Waals surface area contributed by atoms with E-state index in [4.69, 9.17) is 5.11 Å². The van der Waals surface area contributed by atoms with Crippen LogP contribution in [0.4, 0.5) is 4.39 Å². The molecule has 1 unspecified atom stereocenters. The summed E-state index contributed by atoms with van der Waals surface area (Å²) < 4.78 is 12.8. The minimum Gasteiger partial charge on any atom is -0.395 e. The van der Waals surface area contributed by atoms with Crippen LogP contribution in [0.3, 0.4) is 0 Å². The minimum atomic E-state index is -0.242. The summed E-state index contributed by atoms with van der Waals surface area (Å²) in [5.41, 5.74) is 1.85. The first kappa shape index (κ1) is 13.1. The molecule has 0 aliphatic heterocycles. The third-order valence-corrected chi connectivity index (χ3v) is 3.49. The Balaban J connectivity index is 2.03. The number of thiazole rings is 1. The van der Waals surface area contributed by atoms with Crippen LogP contribution in [0.15, 0.2) is 29.6 Å². The summed E-state index contributed by atoms with van der Waals surface area (Å²) in [6.45, 7) is 2.64. The zero-order chi connectivity index (χ0) is 13.0. The van der Waals surface area contributed by atoms with Crippen molar-refractivity contribution in [1.82, 2.24) is 10.3 Å². The van der Waals surface area contributed by atoms with E-state index >= 15 is 0 Å². The van der Waals surface area contributed by atoms with E-state index in [0.29, 0.717) is 6.54 Å². The van der Waals surface area contributed by atoms with Crippen molar-refractivity contribution in [3.05, 3.63) is 41.2 Å². The summed E-state index contributed by atoms with van der Waals surface area (Å²) in [6, 6.07) is 6.37. The quantitative estimate of drug-likeness (QED) is 0.873. The monoisotopic (exact) mass is 266 g/mol. The highest BCUT2D eigenvalue weighted by Gasteiger charge is 2.06. The number of aliphatic hydroxyl groups is 1. The Bertz CT molecular complexity index is 498. The summed E-state index contributed by atoms with van der Waals surface area (Å²) in [5.74, 6) is -0.242. The Morgan fingerprint density at radius 1 is 1.39 bits per heavy atom. The lowest BCUT2D eigenvalue weighted by Crippen LogP contribution is -2.28. The summed E-state index contributed by atoms with van der Waals surface area (Å²) in [4.78, 5) is 4.47. The van der Waals surface area contributed by atoms with Crippen LogP contribution >= 0.6 is 11.3 Å². The van der Waals surface area contributed by atoms with Crippen LogP contribution < -0.4 is 5.32 Å². The highest BCUT2D eigenvalue weighted by atomic mass is 32.1. The van der Waals surface area contributed by atoms with Crippen LogP contribution in [0.25, 0.3) is 10.6 Å². The Kier molecular flexibility index (Phi) is 4.41. The number of halogens is 1. The molecule has 0 fully saturated rings. The normalized spacial score (nSPS) is 12.6. The Morgan fingerprint density at radius 3 is 2.78 bits per heavy atom. The zero-order valence-corrected chi connectivity index (χ0v) is 10.9. The molecule has 0 spiro atoms.